The zero-order valence-electron chi connectivity index (χ0n) is 10.3. The standard InChI is InChI=1S/C12H18N2O4/c1-6-2-8(9(3-6)12(17)18)11(16)14-7-4-10(15)13-5-7/h6-9H,2-5H2,1H3,(H,13,15)(H,14,16)(H,17,18). The van der Waals surface area contributed by atoms with Crippen molar-refractivity contribution in [1.82, 2.24) is 10.6 Å². The van der Waals surface area contributed by atoms with Crippen molar-refractivity contribution >= 4 is 17.8 Å². The molecule has 0 bridgehead atoms. The molecule has 2 aliphatic rings. The first-order valence-corrected chi connectivity index (χ1v) is 6.27. The molecule has 4 atom stereocenters. The minimum atomic E-state index is -0.903. The van der Waals surface area contributed by atoms with Crippen LogP contribution in [0.15, 0.2) is 0 Å². The van der Waals surface area contributed by atoms with E-state index in [1.807, 2.05) is 6.92 Å². The van der Waals surface area contributed by atoms with Crippen LogP contribution in [0.1, 0.15) is 26.2 Å². The van der Waals surface area contributed by atoms with Crippen molar-refractivity contribution in [3.8, 4) is 0 Å². The van der Waals surface area contributed by atoms with Crippen LogP contribution < -0.4 is 10.6 Å². The van der Waals surface area contributed by atoms with Crippen molar-refractivity contribution in [1.29, 1.82) is 0 Å². The van der Waals surface area contributed by atoms with E-state index in [2.05, 4.69) is 10.6 Å². The Hall–Kier alpha value is -1.59. The molecular weight excluding hydrogens is 236 g/mol. The average Bonchev–Trinajstić information content (AvgIpc) is 2.85. The number of amides is 2. The Morgan fingerprint density at radius 3 is 2.56 bits per heavy atom. The summed E-state index contributed by atoms with van der Waals surface area (Å²) < 4.78 is 0. The highest BCUT2D eigenvalue weighted by Gasteiger charge is 2.41. The molecule has 0 aromatic rings. The number of carboxylic acid groups (broad SMARTS) is 1. The minimum absolute atomic E-state index is 0.0742. The summed E-state index contributed by atoms with van der Waals surface area (Å²) in [5.74, 6) is -2.01. The number of hydrogen-bond donors (Lipinski definition) is 3. The predicted molar refractivity (Wildman–Crippen MR) is 62.6 cm³/mol. The van der Waals surface area contributed by atoms with Crippen LogP contribution in [0, 0.1) is 17.8 Å². The van der Waals surface area contributed by atoms with E-state index in [4.69, 9.17) is 5.11 Å². The molecule has 2 amide bonds. The number of rotatable bonds is 3. The maximum absolute atomic E-state index is 12.1. The lowest BCUT2D eigenvalue weighted by atomic mass is 9.95. The van der Waals surface area contributed by atoms with Crippen molar-refractivity contribution in [3.05, 3.63) is 0 Å². The maximum atomic E-state index is 12.1. The molecule has 100 valence electrons. The molecule has 1 aliphatic heterocycles. The lowest BCUT2D eigenvalue weighted by Crippen LogP contribution is -2.42. The second kappa shape index (κ2) is 4.96. The van der Waals surface area contributed by atoms with Gasteiger partial charge in [0.2, 0.25) is 11.8 Å². The third-order valence-electron chi connectivity index (χ3n) is 3.78. The number of aliphatic carboxylic acids is 1. The number of carbonyl (C=O) groups is 3. The highest BCUT2D eigenvalue weighted by molar-refractivity contribution is 5.87. The first-order valence-electron chi connectivity index (χ1n) is 6.27. The molecule has 4 unspecified atom stereocenters. The van der Waals surface area contributed by atoms with E-state index in [0.29, 0.717) is 19.4 Å². The molecule has 2 rings (SSSR count). The topological polar surface area (TPSA) is 95.5 Å². The molecule has 0 radical (unpaired) electrons. The van der Waals surface area contributed by atoms with Gasteiger partial charge < -0.3 is 15.7 Å². The Morgan fingerprint density at radius 1 is 1.33 bits per heavy atom. The fraction of sp³-hybridized carbons (Fsp3) is 0.750. The van der Waals surface area contributed by atoms with Crippen LogP contribution in [-0.2, 0) is 14.4 Å². The van der Waals surface area contributed by atoms with Gasteiger partial charge in [0, 0.05) is 13.0 Å². The Balaban J connectivity index is 1.95. The van der Waals surface area contributed by atoms with Gasteiger partial charge in [-0.25, -0.2) is 0 Å². The van der Waals surface area contributed by atoms with Gasteiger partial charge in [-0.2, -0.15) is 0 Å². The molecule has 1 heterocycles. The SMILES string of the molecule is CC1CC(C(=O)O)C(C(=O)NC2CNC(=O)C2)C1. The van der Waals surface area contributed by atoms with Gasteiger partial charge in [0.15, 0.2) is 0 Å². The molecule has 1 saturated carbocycles. The number of nitrogens with one attached hydrogen (secondary N) is 2. The molecule has 3 N–H and O–H groups in total. The van der Waals surface area contributed by atoms with Crippen molar-refractivity contribution in [3.63, 3.8) is 0 Å². The predicted octanol–water partition coefficient (Wildman–Crippen LogP) is -0.262. The third-order valence-corrected chi connectivity index (χ3v) is 3.78. The van der Waals surface area contributed by atoms with E-state index >= 15 is 0 Å². The van der Waals surface area contributed by atoms with Crippen LogP contribution in [0.3, 0.4) is 0 Å². The summed E-state index contributed by atoms with van der Waals surface area (Å²) in [5, 5.41) is 14.5. The molecular formula is C12H18N2O4. The van der Waals surface area contributed by atoms with Crippen LogP contribution in [0.5, 0.6) is 0 Å². The third kappa shape index (κ3) is 2.63. The van der Waals surface area contributed by atoms with E-state index in [1.165, 1.54) is 0 Å². The molecule has 0 aromatic carbocycles. The van der Waals surface area contributed by atoms with Gasteiger partial charge in [-0.3, -0.25) is 14.4 Å². The van der Waals surface area contributed by atoms with Gasteiger partial charge in [-0.1, -0.05) is 6.92 Å². The van der Waals surface area contributed by atoms with Crippen molar-refractivity contribution in [2.75, 3.05) is 6.54 Å². The zero-order chi connectivity index (χ0) is 13.3. The Labute approximate surface area is 105 Å². The fourth-order valence-electron chi connectivity index (χ4n) is 2.87. The van der Waals surface area contributed by atoms with Gasteiger partial charge in [-0.05, 0) is 18.8 Å². The molecule has 0 spiro atoms. The van der Waals surface area contributed by atoms with E-state index in [1.54, 1.807) is 0 Å². The largest absolute Gasteiger partial charge is 0.481 e. The van der Waals surface area contributed by atoms with Crippen molar-refractivity contribution < 1.29 is 19.5 Å². The van der Waals surface area contributed by atoms with Crippen LogP contribution in [-0.4, -0.2) is 35.5 Å². The number of carbonyl (C=O) groups excluding carboxylic acids is 2. The molecule has 0 aromatic heterocycles. The van der Waals surface area contributed by atoms with E-state index in [-0.39, 0.29) is 30.2 Å². The molecule has 6 heteroatoms. The van der Waals surface area contributed by atoms with Gasteiger partial charge >= 0.3 is 5.97 Å². The summed E-state index contributed by atoms with van der Waals surface area (Å²) in [6, 6.07) is -0.199. The second-order valence-electron chi connectivity index (χ2n) is 5.34. The molecule has 1 aliphatic carbocycles. The maximum Gasteiger partial charge on any atom is 0.307 e. The van der Waals surface area contributed by atoms with E-state index < -0.39 is 17.8 Å². The second-order valence-corrected chi connectivity index (χ2v) is 5.34. The molecule has 18 heavy (non-hydrogen) atoms. The van der Waals surface area contributed by atoms with Crippen molar-refractivity contribution in [2.45, 2.75) is 32.2 Å². The van der Waals surface area contributed by atoms with Gasteiger partial charge in [-0.15, -0.1) is 0 Å². The number of carboxylic acids is 1. The lowest BCUT2D eigenvalue weighted by molar-refractivity contribution is -0.146. The summed E-state index contributed by atoms with van der Waals surface area (Å²) in [4.78, 5) is 34.2. The van der Waals surface area contributed by atoms with Gasteiger partial charge in [0.1, 0.15) is 0 Å². The smallest absolute Gasteiger partial charge is 0.307 e. The lowest BCUT2D eigenvalue weighted by Gasteiger charge is -2.18. The van der Waals surface area contributed by atoms with Crippen LogP contribution >= 0.6 is 0 Å². The Kier molecular flexibility index (Phi) is 3.54. The molecule has 6 nitrogen and oxygen atoms in total. The van der Waals surface area contributed by atoms with Crippen LogP contribution in [0.25, 0.3) is 0 Å². The quantitative estimate of drug-likeness (QED) is 0.646. The minimum Gasteiger partial charge on any atom is -0.481 e. The highest BCUT2D eigenvalue weighted by atomic mass is 16.4. The van der Waals surface area contributed by atoms with Gasteiger partial charge in [0.05, 0.1) is 17.9 Å². The average molecular weight is 254 g/mol. The highest BCUT2D eigenvalue weighted by Crippen LogP contribution is 2.36. The zero-order valence-corrected chi connectivity index (χ0v) is 10.3. The van der Waals surface area contributed by atoms with Crippen LogP contribution in [0.4, 0.5) is 0 Å². The number of hydrogen-bond acceptors (Lipinski definition) is 3. The Bertz CT molecular complexity index is 382. The summed E-state index contributed by atoms with van der Waals surface area (Å²) >= 11 is 0. The van der Waals surface area contributed by atoms with E-state index in [9.17, 15) is 14.4 Å². The first kappa shape index (κ1) is 12.9. The Morgan fingerprint density at radius 2 is 2.00 bits per heavy atom. The van der Waals surface area contributed by atoms with Gasteiger partial charge in [0.25, 0.3) is 0 Å². The fourth-order valence-corrected chi connectivity index (χ4v) is 2.87. The summed E-state index contributed by atoms with van der Waals surface area (Å²) in [5.41, 5.74) is 0. The van der Waals surface area contributed by atoms with E-state index in [0.717, 1.165) is 0 Å². The summed E-state index contributed by atoms with van der Waals surface area (Å²) in [6.45, 7) is 2.40. The van der Waals surface area contributed by atoms with Crippen LogP contribution in [0.2, 0.25) is 0 Å². The van der Waals surface area contributed by atoms with Crippen molar-refractivity contribution in [2.24, 2.45) is 17.8 Å². The summed E-state index contributed by atoms with van der Waals surface area (Å²) in [6.07, 6.45) is 1.44. The molecule has 2 fully saturated rings. The first-order chi connectivity index (χ1) is 8.47. The summed E-state index contributed by atoms with van der Waals surface area (Å²) in [7, 11) is 0. The monoisotopic (exact) mass is 254 g/mol. The molecule has 1 saturated heterocycles. The normalized spacial score (nSPS) is 35.3.